The highest BCUT2D eigenvalue weighted by atomic mass is 16.5. The Labute approximate surface area is 161 Å². The SMILES string of the molecule is CCC(C=O)N=C1CNC(/C=C/C(=O)NO)=CN1.CNCC1CCCCC1. The highest BCUT2D eigenvalue weighted by Gasteiger charge is 2.11. The van der Waals surface area contributed by atoms with Gasteiger partial charge in [-0.25, -0.2) is 5.48 Å². The van der Waals surface area contributed by atoms with Gasteiger partial charge in [-0.3, -0.25) is 15.0 Å². The zero-order valence-corrected chi connectivity index (χ0v) is 16.3. The van der Waals surface area contributed by atoms with Crippen molar-refractivity contribution in [3.8, 4) is 0 Å². The second kappa shape index (κ2) is 13.9. The van der Waals surface area contributed by atoms with E-state index >= 15 is 0 Å². The Morgan fingerprint density at radius 2 is 2.15 bits per heavy atom. The van der Waals surface area contributed by atoms with E-state index in [1.54, 1.807) is 6.20 Å². The molecule has 0 saturated heterocycles. The van der Waals surface area contributed by atoms with Gasteiger partial charge in [0.25, 0.3) is 5.91 Å². The average molecular weight is 380 g/mol. The smallest absolute Gasteiger partial charge is 0.267 e. The van der Waals surface area contributed by atoms with Crippen LogP contribution in [0.4, 0.5) is 0 Å². The molecule has 1 amide bonds. The van der Waals surface area contributed by atoms with E-state index in [4.69, 9.17) is 5.21 Å². The number of carbonyl (C=O) groups is 2. The molecule has 0 spiro atoms. The van der Waals surface area contributed by atoms with Gasteiger partial charge in [-0.15, -0.1) is 0 Å². The second-order valence-corrected chi connectivity index (χ2v) is 6.66. The van der Waals surface area contributed by atoms with Crippen LogP contribution in [0.15, 0.2) is 29.0 Å². The third-order valence-electron chi connectivity index (χ3n) is 4.49. The van der Waals surface area contributed by atoms with Crippen LogP contribution in [0, 0.1) is 5.92 Å². The minimum atomic E-state index is -0.607. The van der Waals surface area contributed by atoms with Gasteiger partial charge in [-0.1, -0.05) is 26.2 Å². The summed E-state index contributed by atoms with van der Waals surface area (Å²) in [5.74, 6) is 1.05. The first-order chi connectivity index (χ1) is 13.1. The monoisotopic (exact) mass is 379 g/mol. The van der Waals surface area contributed by atoms with Crippen LogP contribution < -0.4 is 21.4 Å². The van der Waals surface area contributed by atoms with Crippen LogP contribution in [0.1, 0.15) is 45.4 Å². The van der Waals surface area contributed by atoms with E-state index in [1.165, 1.54) is 56.3 Å². The van der Waals surface area contributed by atoms with Gasteiger partial charge in [0.15, 0.2) is 0 Å². The number of hydroxylamine groups is 1. The third kappa shape index (κ3) is 9.91. The molecule has 1 aliphatic carbocycles. The predicted octanol–water partition coefficient (Wildman–Crippen LogP) is 1.24. The molecule has 2 rings (SSSR count). The van der Waals surface area contributed by atoms with Crippen LogP contribution in [0.2, 0.25) is 0 Å². The quantitative estimate of drug-likeness (QED) is 0.197. The highest BCUT2D eigenvalue weighted by Crippen LogP contribution is 2.22. The summed E-state index contributed by atoms with van der Waals surface area (Å²) in [6.45, 7) is 3.57. The Bertz CT molecular complexity index is 537. The molecule has 1 saturated carbocycles. The Balaban J connectivity index is 0.000000337. The van der Waals surface area contributed by atoms with Crippen molar-refractivity contribution in [2.24, 2.45) is 10.9 Å². The van der Waals surface area contributed by atoms with E-state index < -0.39 is 5.91 Å². The van der Waals surface area contributed by atoms with Gasteiger partial charge in [0, 0.05) is 12.3 Å². The van der Waals surface area contributed by atoms with Crippen molar-refractivity contribution in [1.29, 1.82) is 0 Å². The number of nitrogens with zero attached hydrogens (tertiary/aromatic N) is 1. The van der Waals surface area contributed by atoms with Crippen LogP contribution in [0.25, 0.3) is 0 Å². The minimum Gasteiger partial charge on any atom is -0.377 e. The molecule has 27 heavy (non-hydrogen) atoms. The summed E-state index contributed by atoms with van der Waals surface area (Å²) in [6, 6.07) is -0.333. The molecule has 0 aromatic rings. The van der Waals surface area contributed by atoms with Crippen molar-refractivity contribution in [3.63, 3.8) is 0 Å². The molecule has 5 N–H and O–H groups in total. The minimum absolute atomic E-state index is 0.333. The number of nitrogens with one attached hydrogen (secondary N) is 4. The Morgan fingerprint density at radius 3 is 2.67 bits per heavy atom. The standard InChI is InChI=1S/C11H16N4O3.C8H17N/c1-2-8(7-16)14-10-6-12-9(5-13-10)3-4-11(17)15-18;1-9-7-8-5-3-2-4-6-8/h3-5,7-8,12,18H,2,6H2,1H3,(H,13,14)(H,15,17);8-9H,2-7H2,1H3/b4-3+;. The summed E-state index contributed by atoms with van der Waals surface area (Å²) in [5, 5.41) is 17.5. The summed E-state index contributed by atoms with van der Waals surface area (Å²) >= 11 is 0. The molecule has 1 atom stereocenters. The van der Waals surface area contributed by atoms with Crippen LogP contribution in [-0.4, -0.2) is 49.4 Å². The van der Waals surface area contributed by atoms with Gasteiger partial charge in [-0.2, -0.15) is 0 Å². The molecule has 1 unspecified atom stereocenters. The van der Waals surface area contributed by atoms with Gasteiger partial charge in [0.05, 0.1) is 12.2 Å². The fraction of sp³-hybridized carbons (Fsp3) is 0.632. The number of aldehydes is 1. The fourth-order valence-electron chi connectivity index (χ4n) is 2.94. The number of hydrogen-bond donors (Lipinski definition) is 5. The average Bonchev–Trinajstić information content (AvgIpc) is 2.72. The summed E-state index contributed by atoms with van der Waals surface area (Å²) in [5.41, 5.74) is 2.17. The zero-order valence-electron chi connectivity index (χ0n) is 16.3. The lowest BCUT2D eigenvalue weighted by molar-refractivity contribution is -0.124. The zero-order chi connectivity index (χ0) is 19.9. The molecular formula is C19H33N5O3. The number of amidine groups is 1. The van der Waals surface area contributed by atoms with E-state index in [2.05, 4.69) is 28.0 Å². The Hall–Kier alpha value is -2.19. The number of rotatable bonds is 7. The number of hydrogen-bond acceptors (Lipinski definition) is 6. The van der Waals surface area contributed by atoms with Gasteiger partial charge in [0.2, 0.25) is 0 Å². The van der Waals surface area contributed by atoms with Crippen molar-refractivity contribution in [2.45, 2.75) is 51.5 Å². The lowest BCUT2D eigenvalue weighted by atomic mass is 9.89. The fourth-order valence-corrected chi connectivity index (χ4v) is 2.94. The Kier molecular flexibility index (Phi) is 11.8. The second-order valence-electron chi connectivity index (χ2n) is 6.66. The van der Waals surface area contributed by atoms with Crippen LogP contribution in [-0.2, 0) is 9.59 Å². The first-order valence-electron chi connectivity index (χ1n) is 9.62. The van der Waals surface area contributed by atoms with Crippen LogP contribution in [0.3, 0.4) is 0 Å². The predicted molar refractivity (Wildman–Crippen MR) is 106 cm³/mol. The molecule has 1 aliphatic heterocycles. The molecule has 1 fully saturated rings. The lowest BCUT2D eigenvalue weighted by Gasteiger charge is -2.20. The van der Waals surface area contributed by atoms with Crippen molar-refractivity contribution in [3.05, 3.63) is 24.0 Å². The van der Waals surface area contributed by atoms with Gasteiger partial charge < -0.3 is 20.7 Å². The number of carbonyl (C=O) groups excluding carboxylic acids is 2. The number of allylic oxidation sites excluding steroid dienone is 1. The molecule has 8 heteroatoms. The largest absolute Gasteiger partial charge is 0.377 e. The van der Waals surface area contributed by atoms with Crippen molar-refractivity contribution in [1.82, 2.24) is 21.4 Å². The lowest BCUT2D eigenvalue weighted by Crippen LogP contribution is -2.37. The maximum atomic E-state index is 10.8. The topological polar surface area (TPSA) is 115 Å². The molecule has 0 bridgehead atoms. The summed E-state index contributed by atoms with van der Waals surface area (Å²) in [6.07, 6.45) is 13.1. The van der Waals surface area contributed by atoms with Crippen LogP contribution >= 0.6 is 0 Å². The number of aliphatic imine (C=N–C) groups is 1. The normalized spacial score (nSPS) is 20.0. The molecule has 152 valence electrons. The summed E-state index contributed by atoms with van der Waals surface area (Å²) in [4.78, 5) is 25.6. The van der Waals surface area contributed by atoms with E-state index in [0.717, 1.165) is 12.2 Å². The molecule has 2 aliphatic rings. The maximum absolute atomic E-state index is 10.8. The summed E-state index contributed by atoms with van der Waals surface area (Å²) in [7, 11) is 2.05. The van der Waals surface area contributed by atoms with Crippen molar-refractivity contribution >= 4 is 18.0 Å². The van der Waals surface area contributed by atoms with E-state index in [1.807, 2.05) is 6.92 Å². The van der Waals surface area contributed by atoms with Gasteiger partial charge in [0.1, 0.15) is 18.2 Å². The molecule has 0 radical (unpaired) electrons. The van der Waals surface area contributed by atoms with E-state index in [9.17, 15) is 9.59 Å². The maximum Gasteiger partial charge on any atom is 0.267 e. The first-order valence-corrected chi connectivity index (χ1v) is 9.62. The van der Waals surface area contributed by atoms with Gasteiger partial charge in [-0.05, 0) is 44.8 Å². The third-order valence-corrected chi connectivity index (χ3v) is 4.49. The number of amides is 1. The molecular weight excluding hydrogens is 346 g/mol. The van der Waals surface area contributed by atoms with Crippen molar-refractivity contribution < 1.29 is 14.8 Å². The first kappa shape index (κ1) is 22.9. The van der Waals surface area contributed by atoms with Crippen LogP contribution in [0.5, 0.6) is 0 Å². The molecule has 0 aromatic carbocycles. The van der Waals surface area contributed by atoms with Crippen molar-refractivity contribution in [2.75, 3.05) is 20.1 Å². The van der Waals surface area contributed by atoms with Gasteiger partial charge >= 0.3 is 0 Å². The molecule has 8 nitrogen and oxygen atoms in total. The summed E-state index contributed by atoms with van der Waals surface area (Å²) < 4.78 is 0. The Morgan fingerprint density at radius 1 is 1.41 bits per heavy atom. The van der Waals surface area contributed by atoms with E-state index in [-0.39, 0.29) is 6.04 Å². The molecule has 1 heterocycles. The van der Waals surface area contributed by atoms with E-state index in [0.29, 0.717) is 24.5 Å². The molecule has 0 aromatic heterocycles. The highest BCUT2D eigenvalue weighted by molar-refractivity contribution is 5.89.